The summed E-state index contributed by atoms with van der Waals surface area (Å²) in [6, 6.07) is 25.0. The Hall–Kier alpha value is -7.60. The summed E-state index contributed by atoms with van der Waals surface area (Å²) in [6.07, 6.45) is -7.12. The van der Waals surface area contributed by atoms with Gasteiger partial charge in [-0.3, -0.25) is 0 Å². The van der Waals surface area contributed by atoms with E-state index in [1.54, 1.807) is 118 Å². The largest absolute Gasteiger partial charge is 0.496 e. The van der Waals surface area contributed by atoms with Crippen LogP contribution in [-0.4, -0.2) is 93.5 Å². The van der Waals surface area contributed by atoms with Crippen molar-refractivity contribution in [3.8, 4) is 86.2 Å². The normalized spacial score (nSPS) is 22.1. The highest BCUT2D eigenvalue weighted by Gasteiger charge is 2.52. The molecule has 72 heavy (non-hydrogen) atoms. The van der Waals surface area contributed by atoms with Gasteiger partial charge in [0.25, 0.3) is 0 Å². The van der Waals surface area contributed by atoms with Gasteiger partial charge in [-0.15, -0.1) is 0 Å². The molecule has 10 rings (SSSR count). The van der Waals surface area contributed by atoms with Crippen LogP contribution in [0.3, 0.4) is 0 Å². The van der Waals surface area contributed by atoms with Crippen molar-refractivity contribution in [2.75, 3.05) is 71.1 Å². The van der Waals surface area contributed by atoms with Gasteiger partial charge in [-0.2, -0.15) is 0 Å². The molecule has 6 aromatic carbocycles. The summed E-state index contributed by atoms with van der Waals surface area (Å²) in [6.45, 7) is 0. The Morgan fingerprint density at radius 1 is 0.403 bits per heavy atom. The smallest absolute Gasteiger partial charge is 0.161 e. The highest BCUT2D eigenvalue weighted by Crippen LogP contribution is 2.64. The number of hydrogen-bond acceptors (Lipinski definition) is 17. The third-order valence-electron chi connectivity index (χ3n) is 13.8. The van der Waals surface area contributed by atoms with Crippen LogP contribution in [0.25, 0.3) is 0 Å². The van der Waals surface area contributed by atoms with Crippen LogP contribution in [0.1, 0.15) is 81.8 Å². The number of aliphatic hydroxyl groups is 2. The molecule has 0 fully saturated rings. The Labute approximate surface area is 416 Å². The Bertz CT molecular complexity index is 3010. The zero-order valence-electron chi connectivity index (χ0n) is 41.4. The minimum Gasteiger partial charge on any atom is -0.496 e. The molecule has 0 aromatic heterocycles. The molecule has 4 aliphatic heterocycles. The van der Waals surface area contributed by atoms with Gasteiger partial charge < -0.3 is 81.3 Å². The molecule has 2 N–H and O–H groups in total. The third-order valence-corrected chi connectivity index (χ3v) is 13.8. The SMILES string of the molecule is COc1cc2c3c(c1)O[C@@H](c1ccc(OC)c(OC)c1)[C@@H](O)[C@H]3c1c(cc(OC)c3c1O[C@@H](c1ccc(OC)c(OC)c1)[C@@H](O)[C@@H]3O[C@H]1C[C@H](c3ccc(OC)c(OC)c3)Oc3cc(OC)cc(OC)c31)O2. The standard InChI is InChI=1S/C55H56O17/c1-58-29-20-38(66-9)45-40(21-29)68-34(26-11-14-31(60-3)35(17-26)63-6)24-43(45)71-55-48-39(67-10)25-44-47(54(48)72-53(51(55)57)28-13-16-33(62-5)37(19-28)65-8)49-46-41(69-44)22-30(59-2)23-42(46)70-52(50(49)56)27-12-15-32(61-4)36(18-27)64-7/h11-23,25,34,43,49-53,55-57H,24H2,1-10H3/t34-,43+,49-,50+,51-,52+,53+,55-/m1/s1. The Morgan fingerprint density at radius 3 is 1.43 bits per heavy atom. The molecule has 0 radical (unpaired) electrons. The highest BCUT2D eigenvalue weighted by molar-refractivity contribution is 5.71. The van der Waals surface area contributed by atoms with Crippen molar-refractivity contribution in [2.24, 2.45) is 0 Å². The van der Waals surface area contributed by atoms with Crippen molar-refractivity contribution in [1.29, 1.82) is 0 Å². The molecule has 0 bridgehead atoms. The van der Waals surface area contributed by atoms with Crippen LogP contribution in [0.4, 0.5) is 0 Å². The second-order valence-electron chi connectivity index (χ2n) is 17.4. The van der Waals surface area contributed by atoms with Gasteiger partial charge in [0.2, 0.25) is 0 Å². The summed E-state index contributed by atoms with van der Waals surface area (Å²) in [7, 11) is 15.5. The van der Waals surface area contributed by atoms with E-state index in [1.807, 2.05) is 24.3 Å². The fourth-order valence-corrected chi connectivity index (χ4v) is 10.4. The van der Waals surface area contributed by atoms with Crippen LogP contribution in [-0.2, 0) is 4.74 Å². The average Bonchev–Trinajstić information content (AvgIpc) is 3.42. The zero-order valence-corrected chi connectivity index (χ0v) is 41.4. The van der Waals surface area contributed by atoms with Crippen molar-refractivity contribution in [3.63, 3.8) is 0 Å². The van der Waals surface area contributed by atoms with E-state index in [1.165, 1.54) is 14.2 Å². The van der Waals surface area contributed by atoms with Crippen LogP contribution in [0.2, 0.25) is 0 Å². The van der Waals surface area contributed by atoms with Gasteiger partial charge in [-0.05, 0) is 53.1 Å². The van der Waals surface area contributed by atoms with E-state index in [2.05, 4.69) is 0 Å². The van der Waals surface area contributed by atoms with E-state index < -0.39 is 48.6 Å². The first kappa shape index (κ1) is 48.0. The number of benzene rings is 6. The van der Waals surface area contributed by atoms with Crippen LogP contribution in [0, 0.1) is 0 Å². The molecule has 0 aliphatic carbocycles. The van der Waals surface area contributed by atoms with Gasteiger partial charge in [-0.1, -0.05) is 18.2 Å². The van der Waals surface area contributed by atoms with Gasteiger partial charge in [-0.25, -0.2) is 0 Å². The number of ether oxygens (including phenoxy) is 15. The summed E-state index contributed by atoms with van der Waals surface area (Å²) < 4.78 is 92.5. The predicted molar refractivity (Wildman–Crippen MR) is 259 cm³/mol. The van der Waals surface area contributed by atoms with Gasteiger partial charge in [0, 0.05) is 47.9 Å². The van der Waals surface area contributed by atoms with E-state index >= 15 is 0 Å². The van der Waals surface area contributed by atoms with Crippen LogP contribution in [0.15, 0.2) is 84.9 Å². The molecular weight excluding hydrogens is 933 g/mol. The van der Waals surface area contributed by atoms with E-state index in [0.29, 0.717) is 108 Å². The molecule has 0 amide bonds. The minimum atomic E-state index is -1.41. The van der Waals surface area contributed by atoms with Crippen molar-refractivity contribution in [3.05, 3.63) is 124 Å². The molecule has 0 unspecified atom stereocenters. The summed E-state index contributed by atoms with van der Waals surface area (Å²) in [5, 5.41) is 26.0. The van der Waals surface area contributed by atoms with Gasteiger partial charge >= 0.3 is 0 Å². The number of rotatable bonds is 15. The summed E-state index contributed by atoms with van der Waals surface area (Å²) in [4.78, 5) is 0. The summed E-state index contributed by atoms with van der Waals surface area (Å²) >= 11 is 0. The molecule has 17 heteroatoms. The van der Waals surface area contributed by atoms with Gasteiger partial charge in [0.1, 0.15) is 76.2 Å². The maximum atomic E-state index is 13.0. The molecule has 0 saturated heterocycles. The molecule has 0 saturated carbocycles. The molecule has 378 valence electrons. The second-order valence-corrected chi connectivity index (χ2v) is 17.4. The molecule has 17 nitrogen and oxygen atoms in total. The van der Waals surface area contributed by atoms with Crippen LogP contribution in [0.5, 0.6) is 86.2 Å². The third kappa shape index (κ3) is 8.01. The number of aliphatic hydroxyl groups excluding tert-OH is 2. The zero-order chi connectivity index (χ0) is 50.5. The first-order valence-electron chi connectivity index (χ1n) is 23.1. The molecular formula is C55H56O17. The lowest BCUT2D eigenvalue weighted by atomic mass is 9.76. The molecule has 4 aliphatic rings. The molecule has 6 aromatic rings. The second kappa shape index (κ2) is 19.5. The molecule has 0 spiro atoms. The van der Waals surface area contributed by atoms with Crippen molar-refractivity contribution in [2.45, 2.75) is 55.1 Å². The summed E-state index contributed by atoms with van der Waals surface area (Å²) in [5.41, 5.74) is 3.90. The lowest BCUT2D eigenvalue weighted by Gasteiger charge is -2.45. The maximum absolute atomic E-state index is 13.0. The number of methoxy groups -OCH3 is 10. The number of fused-ring (bicyclic) bond motifs is 5. The van der Waals surface area contributed by atoms with Gasteiger partial charge in [0.15, 0.2) is 46.7 Å². The lowest BCUT2D eigenvalue weighted by Crippen LogP contribution is -2.40. The highest BCUT2D eigenvalue weighted by atomic mass is 16.6. The Morgan fingerprint density at radius 2 is 0.875 bits per heavy atom. The number of hydrogen-bond donors (Lipinski definition) is 2. The monoisotopic (exact) mass is 988 g/mol. The lowest BCUT2D eigenvalue weighted by molar-refractivity contribution is -0.141. The van der Waals surface area contributed by atoms with E-state index in [-0.39, 0.29) is 17.9 Å². The fourth-order valence-electron chi connectivity index (χ4n) is 10.4. The van der Waals surface area contributed by atoms with E-state index in [4.69, 9.17) is 71.1 Å². The Balaban J connectivity index is 1.18. The predicted octanol–water partition coefficient (Wildman–Crippen LogP) is 9.32. The average molecular weight is 989 g/mol. The Kier molecular flexibility index (Phi) is 13.0. The van der Waals surface area contributed by atoms with Crippen LogP contribution < -0.4 is 66.3 Å². The molecule has 8 atom stereocenters. The quantitative estimate of drug-likeness (QED) is 0.0993. The van der Waals surface area contributed by atoms with Crippen LogP contribution >= 0.6 is 0 Å². The minimum absolute atomic E-state index is 0.242. The van der Waals surface area contributed by atoms with Crippen molar-refractivity contribution in [1.82, 2.24) is 0 Å². The first-order chi connectivity index (χ1) is 35.0. The van der Waals surface area contributed by atoms with Crippen molar-refractivity contribution < 1.29 is 81.3 Å². The van der Waals surface area contributed by atoms with Gasteiger partial charge in [0.05, 0.1) is 94.2 Å². The topological polar surface area (TPSA) is 179 Å². The molecule has 4 heterocycles. The van der Waals surface area contributed by atoms with E-state index in [9.17, 15) is 10.2 Å². The first-order valence-corrected chi connectivity index (χ1v) is 23.1. The fraction of sp³-hybridized carbons (Fsp3) is 0.345. The van der Waals surface area contributed by atoms with E-state index in [0.717, 1.165) is 5.56 Å². The van der Waals surface area contributed by atoms with Crippen molar-refractivity contribution >= 4 is 0 Å². The maximum Gasteiger partial charge on any atom is 0.161 e. The summed E-state index contributed by atoms with van der Waals surface area (Å²) in [5.74, 6) is 5.57.